The van der Waals surface area contributed by atoms with Gasteiger partial charge in [-0.25, -0.2) is 0 Å². The standard InChI is InChI=1S/C13H18N2O/c1-7-5-10-8(2)12(9(3)14)15-13(10)11(6-7)16-4/h5-6,9,15H,14H2,1-4H3. The minimum atomic E-state index is 0.0115. The zero-order valence-electron chi connectivity index (χ0n) is 10.2. The number of hydrogen-bond donors (Lipinski definition) is 2. The molecule has 1 aromatic heterocycles. The second-order valence-corrected chi connectivity index (χ2v) is 4.34. The Morgan fingerprint density at radius 1 is 1.31 bits per heavy atom. The van der Waals surface area contributed by atoms with E-state index in [1.165, 1.54) is 16.5 Å². The first-order chi connectivity index (χ1) is 7.54. The van der Waals surface area contributed by atoms with Crippen LogP contribution in [-0.2, 0) is 0 Å². The Balaban J connectivity index is 2.80. The molecule has 1 heterocycles. The van der Waals surface area contributed by atoms with Gasteiger partial charge in [0.15, 0.2) is 0 Å². The molecule has 2 rings (SSSR count). The molecule has 3 heteroatoms. The normalized spacial score (nSPS) is 13.1. The number of aromatic amines is 1. The van der Waals surface area contributed by atoms with Gasteiger partial charge in [0.1, 0.15) is 5.75 Å². The Hall–Kier alpha value is -1.48. The van der Waals surface area contributed by atoms with Gasteiger partial charge in [0.25, 0.3) is 0 Å². The predicted octanol–water partition coefficient (Wildman–Crippen LogP) is 2.81. The van der Waals surface area contributed by atoms with Crippen molar-refractivity contribution in [1.82, 2.24) is 4.98 Å². The molecule has 0 aliphatic heterocycles. The van der Waals surface area contributed by atoms with Crippen molar-refractivity contribution in [2.45, 2.75) is 26.8 Å². The fourth-order valence-electron chi connectivity index (χ4n) is 2.17. The van der Waals surface area contributed by atoms with E-state index in [0.717, 1.165) is 17.0 Å². The smallest absolute Gasteiger partial charge is 0.143 e. The third-order valence-corrected chi connectivity index (χ3v) is 2.99. The minimum Gasteiger partial charge on any atom is -0.495 e. The molecule has 1 atom stereocenters. The number of ether oxygens (including phenoxy) is 1. The van der Waals surface area contributed by atoms with Gasteiger partial charge in [-0.2, -0.15) is 0 Å². The van der Waals surface area contributed by atoms with Crippen LogP contribution in [0.5, 0.6) is 5.75 Å². The van der Waals surface area contributed by atoms with Crippen LogP contribution < -0.4 is 10.5 Å². The first-order valence-corrected chi connectivity index (χ1v) is 5.47. The molecule has 16 heavy (non-hydrogen) atoms. The van der Waals surface area contributed by atoms with Crippen molar-refractivity contribution in [1.29, 1.82) is 0 Å². The number of methoxy groups -OCH3 is 1. The number of fused-ring (bicyclic) bond motifs is 1. The Bertz CT molecular complexity index is 526. The summed E-state index contributed by atoms with van der Waals surface area (Å²) in [5.74, 6) is 0.880. The summed E-state index contributed by atoms with van der Waals surface area (Å²) >= 11 is 0. The number of aromatic nitrogens is 1. The zero-order chi connectivity index (χ0) is 11.9. The molecule has 0 aliphatic carbocycles. The van der Waals surface area contributed by atoms with Crippen LogP contribution in [0.2, 0.25) is 0 Å². The molecule has 0 radical (unpaired) electrons. The molecule has 3 N–H and O–H groups in total. The summed E-state index contributed by atoms with van der Waals surface area (Å²) in [6.07, 6.45) is 0. The topological polar surface area (TPSA) is 51.0 Å². The van der Waals surface area contributed by atoms with Crippen molar-refractivity contribution < 1.29 is 4.74 Å². The van der Waals surface area contributed by atoms with E-state index in [0.29, 0.717) is 0 Å². The maximum Gasteiger partial charge on any atom is 0.143 e. The van der Waals surface area contributed by atoms with Gasteiger partial charge >= 0.3 is 0 Å². The molecule has 0 saturated carbocycles. The summed E-state index contributed by atoms with van der Waals surface area (Å²) in [6.45, 7) is 6.15. The van der Waals surface area contributed by atoms with Crippen LogP contribution in [0.1, 0.15) is 29.8 Å². The molecule has 0 saturated heterocycles. The fraction of sp³-hybridized carbons (Fsp3) is 0.385. The predicted molar refractivity (Wildman–Crippen MR) is 66.9 cm³/mol. The summed E-state index contributed by atoms with van der Waals surface area (Å²) in [4.78, 5) is 3.36. The number of nitrogens with two attached hydrogens (primary N) is 1. The molecule has 0 amide bonds. The summed E-state index contributed by atoms with van der Waals surface area (Å²) in [6, 6.07) is 4.20. The summed E-state index contributed by atoms with van der Waals surface area (Å²) < 4.78 is 5.38. The highest BCUT2D eigenvalue weighted by atomic mass is 16.5. The first-order valence-electron chi connectivity index (χ1n) is 5.47. The highest BCUT2D eigenvalue weighted by Gasteiger charge is 2.14. The minimum absolute atomic E-state index is 0.0115. The lowest BCUT2D eigenvalue weighted by molar-refractivity contribution is 0.418. The number of rotatable bonds is 2. The maximum atomic E-state index is 5.94. The monoisotopic (exact) mass is 218 g/mol. The van der Waals surface area contributed by atoms with Gasteiger partial charge in [-0.3, -0.25) is 0 Å². The highest BCUT2D eigenvalue weighted by molar-refractivity contribution is 5.90. The maximum absolute atomic E-state index is 5.94. The average Bonchev–Trinajstić information content (AvgIpc) is 2.55. The van der Waals surface area contributed by atoms with Crippen molar-refractivity contribution in [2.75, 3.05) is 7.11 Å². The first kappa shape index (κ1) is 11.0. The van der Waals surface area contributed by atoms with E-state index in [2.05, 4.69) is 24.9 Å². The van der Waals surface area contributed by atoms with E-state index >= 15 is 0 Å². The van der Waals surface area contributed by atoms with E-state index < -0.39 is 0 Å². The van der Waals surface area contributed by atoms with Crippen LogP contribution in [0.4, 0.5) is 0 Å². The number of nitrogens with one attached hydrogen (secondary N) is 1. The van der Waals surface area contributed by atoms with Gasteiger partial charge in [-0.05, 0) is 44.0 Å². The molecule has 2 aromatic rings. The van der Waals surface area contributed by atoms with Crippen molar-refractivity contribution in [3.05, 3.63) is 29.0 Å². The van der Waals surface area contributed by atoms with Gasteiger partial charge < -0.3 is 15.5 Å². The summed E-state index contributed by atoms with van der Waals surface area (Å²) in [5.41, 5.74) is 10.5. The fourth-order valence-corrected chi connectivity index (χ4v) is 2.17. The van der Waals surface area contributed by atoms with Gasteiger partial charge in [0, 0.05) is 17.1 Å². The van der Waals surface area contributed by atoms with Gasteiger partial charge in [-0.15, -0.1) is 0 Å². The largest absolute Gasteiger partial charge is 0.495 e. The number of H-pyrrole nitrogens is 1. The average molecular weight is 218 g/mol. The quantitative estimate of drug-likeness (QED) is 0.814. The SMILES string of the molecule is COc1cc(C)cc2c(C)c(C(C)N)[nH]c12. The van der Waals surface area contributed by atoms with Crippen LogP contribution in [0, 0.1) is 13.8 Å². The molecule has 86 valence electrons. The second kappa shape index (κ2) is 3.83. The van der Waals surface area contributed by atoms with Crippen LogP contribution in [0.3, 0.4) is 0 Å². The van der Waals surface area contributed by atoms with E-state index in [9.17, 15) is 0 Å². The molecule has 0 bridgehead atoms. The van der Waals surface area contributed by atoms with E-state index in [1.54, 1.807) is 7.11 Å². The van der Waals surface area contributed by atoms with E-state index in [1.807, 2.05) is 13.0 Å². The van der Waals surface area contributed by atoms with Gasteiger partial charge in [0.2, 0.25) is 0 Å². The zero-order valence-corrected chi connectivity index (χ0v) is 10.2. The van der Waals surface area contributed by atoms with Crippen molar-refractivity contribution in [3.8, 4) is 5.75 Å². The second-order valence-electron chi connectivity index (χ2n) is 4.34. The Labute approximate surface area is 95.6 Å². The molecule has 1 aromatic carbocycles. The third kappa shape index (κ3) is 1.57. The molecular formula is C13H18N2O. The summed E-state index contributed by atoms with van der Waals surface area (Å²) in [5, 5.41) is 1.20. The van der Waals surface area contributed by atoms with Crippen LogP contribution in [-0.4, -0.2) is 12.1 Å². The Morgan fingerprint density at radius 3 is 2.56 bits per heavy atom. The Morgan fingerprint density at radius 2 is 2.00 bits per heavy atom. The van der Waals surface area contributed by atoms with Crippen LogP contribution in [0.25, 0.3) is 10.9 Å². The lowest BCUT2D eigenvalue weighted by Gasteiger charge is -2.03. The van der Waals surface area contributed by atoms with Crippen molar-refractivity contribution in [2.24, 2.45) is 5.73 Å². The molecular weight excluding hydrogens is 200 g/mol. The lowest BCUT2D eigenvalue weighted by atomic mass is 10.1. The Kier molecular flexibility index (Phi) is 2.64. The molecule has 1 unspecified atom stereocenters. The number of aryl methyl sites for hydroxylation is 2. The molecule has 0 spiro atoms. The van der Waals surface area contributed by atoms with Crippen molar-refractivity contribution in [3.63, 3.8) is 0 Å². The number of hydrogen-bond acceptors (Lipinski definition) is 2. The van der Waals surface area contributed by atoms with Gasteiger partial charge in [0.05, 0.1) is 12.6 Å². The lowest BCUT2D eigenvalue weighted by Crippen LogP contribution is -2.06. The van der Waals surface area contributed by atoms with Gasteiger partial charge in [-0.1, -0.05) is 0 Å². The number of benzene rings is 1. The molecule has 0 aliphatic rings. The summed E-state index contributed by atoms with van der Waals surface area (Å²) in [7, 11) is 1.69. The van der Waals surface area contributed by atoms with Crippen LogP contribution in [0.15, 0.2) is 12.1 Å². The van der Waals surface area contributed by atoms with Crippen molar-refractivity contribution >= 4 is 10.9 Å². The van der Waals surface area contributed by atoms with E-state index in [4.69, 9.17) is 10.5 Å². The van der Waals surface area contributed by atoms with E-state index in [-0.39, 0.29) is 6.04 Å². The van der Waals surface area contributed by atoms with Crippen LogP contribution >= 0.6 is 0 Å². The third-order valence-electron chi connectivity index (χ3n) is 2.99. The highest BCUT2D eigenvalue weighted by Crippen LogP contribution is 2.32. The molecule has 3 nitrogen and oxygen atoms in total. The molecule has 0 fully saturated rings.